The number of hydrogen-bond acceptors (Lipinski definition) is 4. The number of nitrogens with one attached hydrogen (secondary N) is 1. The van der Waals surface area contributed by atoms with Crippen LogP contribution in [0.2, 0.25) is 0 Å². The highest BCUT2D eigenvalue weighted by Gasteiger charge is 2.15. The number of hydrogen-bond donors (Lipinski definition) is 2. The molecule has 5 heteroatoms. The van der Waals surface area contributed by atoms with Crippen LogP contribution in [0.3, 0.4) is 0 Å². The molecule has 2 aromatic carbocycles. The van der Waals surface area contributed by atoms with E-state index in [-0.39, 0.29) is 0 Å². The molecule has 1 aliphatic rings. The van der Waals surface area contributed by atoms with Crippen molar-refractivity contribution in [3.05, 3.63) is 42.0 Å². The van der Waals surface area contributed by atoms with Gasteiger partial charge in [-0.1, -0.05) is 36.5 Å². The fourth-order valence-electron chi connectivity index (χ4n) is 2.70. The molecule has 0 saturated carbocycles. The van der Waals surface area contributed by atoms with Gasteiger partial charge in [0.25, 0.3) is 0 Å². The Balaban J connectivity index is 1.93. The highest BCUT2D eigenvalue weighted by Crippen LogP contribution is 2.27. The van der Waals surface area contributed by atoms with Crippen LogP contribution >= 0.6 is 12.2 Å². The molecule has 3 N–H and O–H groups in total. The van der Waals surface area contributed by atoms with Gasteiger partial charge in [0.1, 0.15) is 4.99 Å². The molecular formula is C16H20N4S. The van der Waals surface area contributed by atoms with Crippen LogP contribution in [-0.4, -0.2) is 48.1 Å². The second-order valence-corrected chi connectivity index (χ2v) is 5.91. The molecular weight excluding hydrogens is 280 g/mol. The molecule has 0 atom stereocenters. The molecule has 0 radical (unpaired) electrons. The molecule has 2 aromatic rings. The van der Waals surface area contributed by atoms with Gasteiger partial charge in [0.2, 0.25) is 0 Å². The number of nitrogens with zero attached hydrogens (tertiary/aromatic N) is 2. The lowest BCUT2D eigenvalue weighted by atomic mass is 10.0. The quantitative estimate of drug-likeness (QED) is 0.850. The van der Waals surface area contributed by atoms with E-state index in [2.05, 4.69) is 40.6 Å². The van der Waals surface area contributed by atoms with Crippen molar-refractivity contribution >= 4 is 33.7 Å². The number of likely N-dealkylation sites (N-methyl/N-ethyl adjacent to an activating group) is 1. The van der Waals surface area contributed by atoms with Gasteiger partial charge in [-0.15, -0.1) is 0 Å². The zero-order valence-electron chi connectivity index (χ0n) is 12.2. The van der Waals surface area contributed by atoms with Crippen molar-refractivity contribution < 1.29 is 0 Å². The lowest BCUT2D eigenvalue weighted by Gasteiger charge is -2.33. The van der Waals surface area contributed by atoms with Crippen LogP contribution in [0.4, 0.5) is 5.69 Å². The van der Waals surface area contributed by atoms with Crippen LogP contribution in [0.5, 0.6) is 0 Å². The first-order chi connectivity index (χ1) is 10.1. The second kappa shape index (κ2) is 5.97. The maximum atomic E-state index is 5.82. The summed E-state index contributed by atoms with van der Waals surface area (Å²) in [5.74, 6) is 0. The smallest absolute Gasteiger partial charge is 0.104 e. The Morgan fingerprint density at radius 2 is 1.71 bits per heavy atom. The van der Waals surface area contributed by atoms with Crippen LogP contribution in [0.25, 0.3) is 10.8 Å². The molecule has 4 nitrogen and oxygen atoms in total. The Kier molecular flexibility index (Phi) is 4.05. The minimum Gasteiger partial charge on any atom is -0.389 e. The van der Waals surface area contributed by atoms with E-state index in [0.29, 0.717) is 4.99 Å². The molecule has 0 amide bonds. The number of benzene rings is 2. The van der Waals surface area contributed by atoms with Crippen molar-refractivity contribution in [3.63, 3.8) is 0 Å². The normalized spacial score (nSPS) is 17.0. The summed E-state index contributed by atoms with van der Waals surface area (Å²) in [5.41, 5.74) is 11.4. The average molecular weight is 300 g/mol. The van der Waals surface area contributed by atoms with Gasteiger partial charge in [-0.3, -0.25) is 0 Å². The van der Waals surface area contributed by atoms with E-state index < -0.39 is 0 Å². The average Bonchev–Trinajstić information content (AvgIpc) is 2.49. The van der Waals surface area contributed by atoms with Crippen molar-refractivity contribution in [2.75, 3.05) is 38.7 Å². The lowest BCUT2D eigenvalue weighted by molar-refractivity contribution is 0.179. The number of anilines is 1. The Bertz CT molecular complexity index is 662. The minimum absolute atomic E-state index is 0.442. The summed E-state index contributed by atoms with van der Waals surface area (Å²) >= 11 is 5.15. The van der Waals surface area contributed by atoms with E-state index in [1.165, 1.54) is 0 Å². The highest BCUT2D eigenvalue weighted by molar-refractivity contribution is 7.80. The first-order valence-corrected chi connectivity index (χ1v) is 7.57. The summed E-state index contributed by atoms with van der Waals surface area (Å²) < 4.78 is 0. The predicted molar refractivity (Wildman–Crippen MR) is 92.5 cm³/mol. The topological polar surface area (TPSA) is 44.5 Å². The fourth-order valence-corrected chi connectivity index (χ4v) is 2.88. The Morgan fingerprint density at radius 1 is 1.05 bits per heavy atom. The maximum Gasteiger partial charge on any atom is 0.104 e. The van der Waals surface area contributed by atoms with Crippen LogP contribution < -0.4 is 11.2 Å². The molecule has 1 aliphatic heterocycles. The number of thiocarbonyl (C=S) groups is 1. The van der Waals surface area contributed by atoms with Crippen molar-refractivity contribution in [1.82, 2.24) is 9.91 Å². The van der Waals surface area contributed by atoms with Crippen LogP contribution in [0, 0.1) is 0 Å². The lowest BCUT2D eigenvalue weighted by Crippen LogP contribution is -2.46. The van der Waals surface area contributed by atoms with Gasteiger partial charge >= 0.3 is 0 Å². The predicted octanol–water partition coefficient (Wildman–Crippen LogP) is 2.05. The Labute approximate surface area is 130 Å². The molecule has 1 fully saturated rings. The van der Waals surface area contributed by atoms with Gasteiger partial charge in [0.15, 0.2) is 0 Å². The van der Waals surface area contributed by atoms with Gasteiger partial charge in [0.05, 0.1) is 5.69 Å². The van der Waals surface area contributed by atoms with Gasteiger partial charge in [0, 0.05) is 37.1 Å². The van der Waals surface area contributed by atoms with E-state index in [4.69, 9.17) is 18.0 Å². The monoisotopic (exact) mass is 300 g/mol. The molecule has 0 aliphatic carbocycles. The Morgan fingerprint density at radius 3 is 2.38 bits per heavy atom. The number of hydrazine groups is 1. The van der Waals surface area contributed by atoms with E-state index in [9.17, 15) is 0 Å². The fraction of sp³-hybridized carbons (Fsp3) is 0.312. The Hall–Kier alpha value is -1.69. The molecule has 0 unspecified atom stereocenters. The standard InChI is InChI=1S/C16H20N4S/c1-19-8-10-20(11-9-19)18-15-7-6-14(16(17)21)12-4-2-3-5-13(12)15/h2-7,18H,8-11H2,1H3,(H2,17,21). The van der Waals surface area contributed by atoms with Crippen LogP contribution in [0.1, 0.15) is 5.56 Å². The zero-order valence-corrected chi connectivity index (χ0v) is 13.0. The highest BCUT2D eigenvalue weighted by atomic mass is 32.1. The largest absolute Gasteiger partial charge is 0.389 e. The van der Waals surface area contributed by atoms with Gasteiger partial charge in [-0.25, -0.2) is 5.01 Å². The first kappa shape index (κ1) is 14.3. The minimum atomic E-state index is 0.442. The van der Waals surface area contributed by atoms with Gasteiger partial charge < -0.3 is 16.1 Å². The number of rotatable bonds is 3. The third kappa shape index (κ3) is 3.00. The van der Waals surface area contributed by atoms with E-state index in [1.54, 1.807) is 0 Å². The third-order valence-electron chi connectivity index (χ3n) is 3.97. The molecule has 3 rings (SSSR count). The second-order valence-electron chi connectivity index (χ2n) is 5.47. The SMILES string of the molecule is CN1CCN(Nc2ccc(C(N)=S)c3ccccc23)CC1. The van der Waals surface area contributed by atoms with E-state index >= 15 is 0 Å². The summed E-state index contributed by atoms with van der Waals surface area (Å²) in [6.45, 7) is 4.19. The molecule has 110 valence electrons. The van der Waals surface area contributed by atoms with Crippen LogP contribution in [-0.2, 0) is 0 Å². The van der Waals surface area contributed by atoms with Crippen molar-refractivity contribution in [2.24, 2.45) is 5.73 Å². The van der Waals surface area contributed by atoms with E-state index in [1.807, 2.05) is 18.2 Å². The molecule has 1 heterocycles. The van der Waals surface area contributed by atoms with Crippen molar-refractivity contribution in [2.45, 2.75) is 0 Å². The maximum absolute atomic E-state index is 5.82. The van der Waals surface area contributed by atoms with Gasteiger partial charge in [-0.05, 0) is 24.6 Å². The number of piperazine rings is 1. The molecule has 0 aromatic heterocycles. The summed E-state index contributed by atoms with van der Waals surface area (Å²) in [6.07, 6.45) is 0. The summed E-state index contributed by atoms with van der Waals surface area (Å²) in [6, 6.07) is 12.3. The van der Waals surface area contributed by atoms with E-state index in [0.717, 1.165) is 48.2 Å². The van der Waals surface area contributed by atoms with Crippen LogP contribution in [0.15, 0.2) is 36.4 Å². The third-order valence-corrected chi connectivity index (χ3v) is 4.19. The summed E-state index contributed by atoms with van der Waals surface area (Å²) in [5, 5.41) is 4.52. The molecule has 0 bridgehead atoms. The number of nitrogens with two attached hydrogens (primary N) is 1. The zero-order chi connectivity index (χ0) is 14.8. The molecule has 1 saturated heterocycles. The number of fused-ring (bicyclic) bond motifs is 1. The van der Waals surface area contributed by atoms with Crippen molar-refractivity contribution in [1.29, 1.82) is 0 Å². The first-order valence-electron chi connectivity index (χ1n) is 7.17. The van der Waals surface area contributed by atoms with Gasteiger partial charge in [-0.2, -0.15) is 0 Å². The summed E-state index contributed by atoms with van der Waals surface area (Å²) in [4.78, 5) is 2.78. The molecule has 21 heavy (non-hydrogen) atoms. The molecule has 0 spiro atoms. The summed E-state index contributed by atoms with van der Waals surface area (Å²) in [7, 11) is 2.16. The van der Waals surface area contributed by atoms with Crippen molar-refractivity contribution in [3.8, 4) is 0 Å².